The average Bonchev–Trinajstić information content (AvgIpc) is 2.56. The highest BCUT2D eigenvalue weighted by atomic mass is 35.5. The van der Waals surface area contributed by atoms with Gasteiger partial charge in [-0.15, -0.1) is 0 Å². The van der Waals surface area contributed by atoms with E-state index in [0.29, 0.717) is 41.3 Å². The molecule has 0 unspecified atom stereocenters. The van der Waals surface area contributed by atoms with Crippen LogP contribution in [0.3, 0.4) is 0 Å². The van der Waals surface area contributed by atoms with E-state index in [1.807, 2.05) is 0 Å². The molecule has 0 spiro atoms. The van der Waals surface area contributed by atoms with Crippen molar-refractivity contribution in [2.75, 3.05) is 17.2 Å². The summed E-state index contributed by atoms with van der Waals surface area (Å²) in [5.41, 5.74) is 6.78. The van der Waals surface area contributed by atoms with Crippen molar-refractivity contribution in [2.45, 2.75) is 12.8 Å². The predicted molar refractivity (Wildman–Crippen MR) is 90.6 cm³/mol. The molecule has 0 fully saturated rings. The molecule has 0 bridgehead atoms. The summed E-state index contributed by atoms with van der Waals surface area (Å²) in [7, 11) is 0. The molecule has 2 rings (SSSR count). The Bertz CT molecular complexity index is 692. The first kappa shape index (κ1) is 16.9. The maximum absolute atomic E-state index is 12.1. The van der Waals surface area contributed by atoms with Gasteiger partial charge in [0.25, 0.3) is 5.91 Å². The first-order chi connectivity index (χ1) is 11.1. The monoisotopic (exact) mass is 332 g/mol. The molecular weight excluding hydrogens is 316 g/mol. The van der Waals surface area contributed by atoms with Gasteiger partial charge < -0.3 is 16.4 Å². The number of halogens is 1. The van der Waals surface area contributed by atoms with Crippen molar-refractivity contribution in [3.05, 3.63) is 53.3 Å². The van der Waals surface area contributed by atoms with E-state index in [1.165, 1.54) is 6.20 Å². The second-order valence-corrected chi connectivity index (χ2v) is 5.24. The fourth-order valence-electron chi connectivity index (χ4n) is 1.87. The number of carbonyl (C=O) groups excluding carboxylic acids is 2. The van der Waals surface area contributed by atoms with Crippen LogP contribution < -0.4 is 16.4 Å². The van der Waals surface area contributed by atoms with Crippen LogP contribution in [0.1, 0.15) is 23.2 Å². The van der Waals surface area contributed by atoms with Gasteiger partial charge in [-0.25, -0.2) is 0 Å². The minimum Gasteiger partial charge on any atom is -0.330 e. The maximum Gasteiger partial charge on any atom is 0.257 e. The van der Waals surface area contributed by atoms with E-state index >= 15 is 0 Å². The molecule has 120 valence electrons. The Morgan fingerprint density at radius 2 is 2.04 bits per heavy atom. The van der Waals surface area contributed by atoms with Gasteiger partial charge in [0.15, 0.2) is 0 Å². The first-order valence-electron chi connectivity index (χ1n) is 7.11. The molecule has 0 saturated heterocycles. The summed E-state index contributed by atoms with van der Waals surface area (Å²) in [6.07, 6.45) is 3.98. The van der Waals surface area contributed by atoms with Crippen LogP contribution in [0.5, 0.6) is 0 Å². The number of nitrogens with zero attached hydrogens (tertiary/aromatic N) is 1. The molecule has 0 aliphatic rings. The number of carbonyl (C=O) groups is 2. The molecular formula is C16H17ClN4O2. The van der Waals surface area contributed by atoms with Crippen molar-refractivity contribution in [3.63, 3.8) is 0 Å². The lowest BCUT2D eigenvalue weighted by Crippen LogP contribution is -2.15. The molecule has 1 aromatic heterocycles. The van der Waals surface area contributed by atoms with Crippen molar-refractivity contribution < 1.29 is 9.59 Å². The summed E-state index contributed by atoms with van der Waals surface area (Å²) in [5.74, 6) is -0.464. The van der Waals surface area contributed by atoms with Crippen molar-refractivity contribution in [3.8, 4) is 0 Å². The number of nitrogens with one attached hydrogen (secondary N) is 2. The molecule has 4 N–H and O–H groups in total. The summed E-state index contributed by atoms with van der Waals surface area (Å²) < 4.78 is 0. The van der Waals surface area contributed by atoms with E-state index in [1.54, 1.807) is 36.5 Å². The topological polar surface area (TPSA) is 97.1 Å². The Labute approximate surface area is 139 Å². The minimum atomic E-state index is -0.291. The van der Waals surface area contributed by atoms with Crippen molar-refractivity contribution in [1.82, 2.24) is 4.98 Å². The normalized spacial score (nSPS) is 10.2. The van der Waals surface area contributed by atoms with Gasteiger partial charge in [0.1, 0.15) is 0 Å². The van der Waals surface area contributed by atoms with Gasteiger partial charge in [-0.3, -0.25) is 14.6 Å². The lowest BCUT2D eigenvalue weighted by molar-refractivity contribution is -0.116. The SMILES string of the molecule is NCCCC(=O)Nc1cc(NC(=O)c2cccnc2)ccc1Cl. The quantitative estimate of drug-likeness (QED) is 0.757. The molecule has 6 nitrogen and oxygen atoms in total. The number of rotatable bonds is 6. The highest BCUT2D eigenvalue weighted by Gasteiger charge is 2.10. The van der Waals surface area contributed by atoms with Gasteiger partial charge in [0.05, 0.1) is 16.3 Å². The number of aromatic nitrogens is 1. The van der Waals surface area contributed by atoms with E-state index in [-0.39, 0.29) is 11.8 Å². The van der Waals surface area contributed by atoms with Crippen LogP contribution in [0.25, 0.3) is 0 Å². The van der Waals surface area contributed by atoms with Crippen molar-refractivity contribution in [2.24, 2.45) is 5.73 Å². The van der Waals surface area contributed by atoms with Crippen LogP contribution in [0.15, 0.2) is 42.7 Å². The van der Waals surface area contributed by atoms with Crippen LogP contribution in [0.4, 0.5) is 11.4 Å². The van der Waals surface area contributed by atoms with Gasteiger partial charge in [-0.05, 0) is 43.3 Å². The number of amides is 2. The van der Waals surface area contributed by atoms with Crippen molar-refractivity contribution >= 4 is 34.8 Å². The minimum absolute atomic E-state index is 0.173. The van der Waals surface area contributed by atoms with E-state index in [2.05, 4.69) is 15.6 Å². The molecule has 2 aromatic rings. The van der Waals surface area contributed by atoms with Gasteiger partial charge in [-0.2, -0.15) is 0 Å². The summed E-state index contributed by atoms with van der Waals surface area (Å²) in [6.45, 7) is 0.447. The highest BCUT2D eigenvalue weighted by molar-refractivity contribution is 6.33. The second-order valence-electron chi connectivity index (χ2n) is 4.83. The summed E-state index contributed by atoms with van der Waals surface area (Å²) >= 11 is 6.07. The van der Waals surface area contributed by atoms with Crippen LogP contribution in [-0.2, 0) is 4.79 Å². The molecule has 0 atom stereocenters. The van der Waals surface area contributed by atoms with Crippen LogP contribution in [0, 0.1) is 0 Å². The maximum atomic E-state index is 12.1. The fraction of sp³-hybridized carbons (Fsp3) is 0.188. The zero-order valence-electron chi connectivity index (χ0n) is 12.4. The largest absolute Gasteiger partial charge is 0.330 e. The number of hydrogen-bond acceptors (Lipinski definition) is 4. The van der Waals surface area contributed by atoms with Crippen molar-refractivity contribution in [1.29, 1.82) is 0 Å². The zero-order chi connectivity index (χ0) is 16.7. The van der Waals surface area contributed by atoms with E-state index < -0.39 is 0 Å². The molecule has 1 aromatic carbocycles. The first-order valence-corrected chi connectivity index (χ1v) is 7.49. The van der Waals surface area contributed by atoms with Crippen LogP contribution >= 0.6 is 11.6 Å². The molecule has 0 aliphatic carbocycles. The molecule has 2 amide bonds. The zero-order valence-corrected chi connectivity index (χ0v) is 13.1. The number of anilines is 2. The lowest BCUT2D eigenvalue weighted by Gasteiger charge is -2.10. The average molecular weight is 333 g/mol. The number of hydrogen-bond donors (Lipinski definition) is 3. The molecule has 0 aliphatic heterocycles. The Kier molecular flexibility index (Phi) is 6.08. The molecule has 23 heavy (non-hydrogen) atoms. The van der Waals surface area contributed by atoms with E-state index in [4.69, 9.17) is 17.3 Å². The molecule has 1 heterocycles. The Hall–Kier alpha value is -2.44. The lowest BCUT2D eigenvalue weighted by atomic mass is 10.2. The van der Waals surface area contributed by atoms with Gasteiger partial charge in [0.2, 0.25) is 5.91 Å². The molecule has 7 heteroatoms. The number of benzene rings is 1. The molecule has 0 radical (unpaired) electrons. The number of pyridine rings is 1. The Balaban J connectivity index is 2.07. The van der Waals surface area contributed by atoms with E-state index in [9.17, 15) is 9.59 Å². The highest BCUT2D eigenvalue weighted by Crippen LogP contribution is 2.26. The fourth-order valence-corrected chi connectivity index (χ4v) is 2.04. The summed E-state index contributed by atoms with van der Waals surface area (Å²) in [4.78, 5) is 27.7. The summed E-state index contributed by atoms with van der Waals surface area (Å²) in [6, 6.07) is 8.22. The standard InChI is InChI=1S/C16H17ClN4O2/c17-13-6-5-12(9-14(13)21-15(22)4-1-7-18)20-16(23)11-3-2-8-19-10-11/h2-3,5-6,8-10H,1,4,7,18H2,(H,20,23)(H,21,22). The van der Waals surface area contributed by atoms with E-state index in [0.717, 1.165) is 0 Å². The third-order valence-electron chi connectivity index (χ3n) is 3.03. The van der Waals surface area contributed by atoms with Gasteiger partial charge in [-0.1, -0.05) is 11.6 Å². The van der Waals surface area contributed by atoms with Crippen LogP contribution in [0.2, 0.25) is 5.02 Å². The Morgan fingerprint density at radius 3 is 2.74 bits per heavy atom. The predicted octanol–water partition coefficient (Wildman–Crippen LogP) is 2.66. The van der Waals surface area contributed by atoms with Crippen LogP contribution in [-0.4, -0.2) is 23.3 Å². The molecule has 0 saturated carbocycles. The smallest absolute Gasteiger partial charge is 0.257 e. The second kappa shape index (κ2) is 8.26. The number of nitrogens with two attached hydrogens (primary N) is 1. The third-order valence-corrected chi connectivity index (χ3v) is 3.36. The van der Waals surface area contributed by atoms with Gasteiger partial charge in [0, 0.05) is 24.5 Å². The van der Waals surface area contributed by atoms with Gasteiger partial charge >= 0.3 is 0 Å². The Morgan fingerprint density at radius 1 is 1.22 bits per heavy atom. The summed E-state index contributed by atoms with van der Waals surface area (Å²) in [5, 5.41) is 5.84. The third kappa shape index (κ3) is 5.05.